The Morgan fingerprint density at radius 1 is 1.26 bits per heavy atom. The first-order valence-electron chi connectivity index (χ1n) is 6.63. The summed E-state index contributed by atoms with van der Waals surface area (Å²) in [5.41, 5.74) is 0.876. The summed E-state index contributed by atoms with van der Waals surface area (Å²) >= 11 is 0. The number of amides is 1. The Labute approximate surface area is 113 Å². The molecule has 19 heavy (non-hydrogen) atoms. The van der Waals surface area contributed by atoms with Crippen LogP contribution in [-0.4, -0.2) is 41.4 Å². The molecule has 1 aliphatic carbocycles. The molecule has 1 aromatic carbocycles. The van der Waals surface area contributed by atoms with Crippen molar-refractivity contribution in [2.24, 2.45) is 0 Å². The second kappa shape index (κ2) is 5.97. The van der Waals surface area contributed by atoms with Gasteiger partial charge < -0.3 is 10.0 Å². The molecule has 1 amide bonds. The third-order valence-electron chi connectivity index (χ3n) is 3.85. The van der Waals surface area contributed by atoms with E-state index in [0.29, 0.717) is 17.4 Å². The average molecular weight is 261 g/mol. The van der Waals surface area contributed by atoms with Crippen LogP contribution in [0, 0.1) is 0 Å². The molecule has 0 aromatic heterocycles. The highest BCUT2D eigenvalue weighted by atomic mass is 16.3. The second-order valence-corrected chi connectivity index (χ2v) is 5.08. The fourth-order valence-electron chi connectivity index (χ4n) is 2.60. The third kappa shape index (κ3) is 3.01. The van der Waals surface area contributed by atoms with Crippen LogP contribution in [0.2, 0.25) is 0 Å². The lowest BCUT2D eigenvalue weighted by atomic mass is 9.91. The molecule has 0 bridgehead atoms. The first-order valence-corrected chi connectivity index (χ1v) is 6.63. The molecule has 102 valence electrons. The van der Waals surface area contributed by atoms with Gasteiger partial charge in [-0.2, -0.15) is 0 Å². The smallest absolute Gasteiger partial charge is 0.254 e. The van der Waals surface area contributed by atoms with Gasteiger partial charge in [-0.1, -0.05) is 18.2 Å². The predicted octanol–water partition coefficient (Wildman–Crippen LogP) is 1.87. The molecule has 1 aromatic rings. The van der Waals surface area contributed by atoms with Crippen molar-refractivity contribution in [3.63, 3.8) is 0 Å². The van der Waals surface area contributed by atoms with E-state index in [1.807, 2.05) is 0 Å². The molecule has 1 N–H and O–H groups in total. The van der Waals surface area contributed by atoms with Gasteiger partial charge in [-0.05, 0) is 31.7 Å². The molecule has 1 aliphatic rings. The zero-order valence-electron chi connectivity index (χ0n) is 11.1. The zero-order chi connectivity index (χ0) is 13.8. The summed E-state index contributed by atoms with van der Waals surface area (Å²) < 4.78 is 0. The van der Waals surface area contributed by atoms with E-state index in [0.717, 1.165) is 25.7 Å². The molecule has 4 nitrogen and oxygen atoms in total. The van der Waals surface area contributed by atoms with Gasteiger partial charge in [-0.3, -0.25) is 9.59 Å². The molecular formula is C15H19NO3. The van der Waals surface area contributed by atoms with E-state index in [1.165, 1.54) is 0 Å². The number of rotatable bonds is 3. The molecule has 2 rings (SSSR count). The van der Waals surface area contributed by atoms with Crippen LogP contribution in [-0.2, 0) is 0 Å². The van der Waals surface area contributed by atoms with Crippen molar-refractivity contribution in [3.05, 3.63) is 35.4 Å². The first kappa shape index (κ1) is 13.7. The van der Waals surface area contributed by atoms with Crippen molar-refractivity contribution in [2.45, 2.75) is 37.8 Å². The van der Waals surface area contributed by atoms with Crippen molar-refractivity contribution >= 4 is 12.2 Å². The number of aldehydes is 1. The highest BCUT2D eigenvalue weighted by Gasteiger charge is 2.26. The predicted molar refractivity (Wildman–Crippen MR) is 72.2 cm³/mol. The van der Waals surface area contributed by atoms with E-state index in [9.17, 15) is 14.7 Å². The van der Waals surface area contributed by atoms with Gasteiger partial charge in [0.2, 0.25) is 0 Å². The average Bonchev–Trinajstić information content (AvgIpc) is 2.46. The second-order valence-electron chi connectivity index (χ2n) is 5.08. The number of aliphatic hydroxyl groups is 1. The summed E-state index contributed by atoms with van der Waals surface area (Å²) in [6.45, 7) is 0. The van der Waals surface area contributed by atoms with Gasteiger partial charge in [0.05, 0.1) is 11.7 Å². The lowest BCUT2D eigenvalue weighted by Crippen LogP contribution is -2.40. The van der Waals surface area contributed by atoms with E-state index in [2.05, 4.69) is 0 Å². The van der Waals surface area contributed by atoms with Gasteiger partial charge in [-0.15, -0.1) is 0 Å². The van der Waals surface area contributed by atoms with E-state index in [-0.39, 0.29) is 18.1 Å². The maximum Gasteiger partial charge on any atom is 0.254 e. The van der Waals surface area contributed by atoms with Gasteiger partial charge in [-0.25, -0.2) is 0 Å². The monoisotopic (exact) mass is 261 g/mol. The molecule has 0 unspecified atom stereocenters. The molecule has 0 heterocycles. The summed E-state index contributed by atoms with van der Waals surface area (Å²) in [7, 11) is 1.77. The Morgan fingerprint density at radius 3 is 2.53 bits per heavy atom. The summed E-state index contributed by atoms with van der Waals surface area (Å²) in [6.07, 6.45) is 3.57. The lowest BCUT2D eigenvalue weighted by molar-refractivity contribution is 0.0568. The van der Waals surface area contributed by atoms with Crippen molar-refractivity contribution in [3.8, 4) is 0 Å². The van der Waals surface area contributed by atoms with Crippen LogP contribution in [0.5, 0.6) is 0 Å². The Morgan fingerprint density at radius 2 is 1.89 bits per heavy atom. The van der Waals surface area contributed by atoms with Gasteiger partial charge >= 0.3 is 0 Å². The molecule has 0 saturated heterocycles. The first-order chi connectivity index (χ1) is 9.13. The molecule has 0 radical (unpaired) electrons. The van der Waals surface area contributed by atoms with Gasteiger partial charge in [0.15, 0.2) is 6.29 Å². The number of hydrogen-bond donors (Lipinski definition) is 1. The number of carbonyl (C=O) groups is 2. The summed E-state index contributed by atoms with van der Waals surface area (Å²) in [5, 5.41) is 9.50. The highest BCUT2D eigenvalue weighted by Crippen LogP contribution is 2.23. The van der Waals surface area contributed by atoms with Gasteiger partial charge in [0.1, 0.15) is 0 Å². The molecule has 1 saturated carbocycles. The van der Waals surface area contributed by atoms with Crippen LogP contribution in [0.15, 0.2) is 24.3 Å². The van der Waals surface area contributed by atoms with Crippen LogP contribution < -0.4 is 0 Å². The molecule has 0 atom stereocenters. The molecule has 4 heteroatoms. The summed E-state index contributed by atoms with van der Waals surface area (Å²) in [4.78, 5) is 25.1. The van der Waals surface area contributed by atoms with Crippen LogP contribution >= 0.6 is 0 Å². The molecule has 1 fully saturated rings. The number of benzene rings is 1. The topological polar surface area (TPSA) is 57.6 Å². The van der Waals surface area contributed by atoms with Gasteiger partial charge in [0.25, 0.3) is 5.91 Å². The maximum atomic E-state index is 12.4. The normalized spacial score (nSPS) is 22.8. The van der Waals surface area contributed by atoms with E-state index >= 15 is 0 Å². The van der Waals surface area contributed by atoms with Crippen molar-refractivity contribution < 1.29 is 14.7 Å². The Hall–Kier alpha value is -1.68. The summed E-state index contributed by atoms with van der Waals surface area (Å²) in [5.74, 6) is -0.121. The largest absolute Gasteiger partial charge is 0.393 e. The fraction of sp³-hybridized carbons (Fsp3) is 0.467. The zero-order valence-corrected chi connectivity index (χ0v) is 11.1. The number of hydrogen-bond acceptors (Lipinski definition) is 3. The Bertz CT molecular complexity index is 464. The van der Waals surface area contributed by atoms with Crippen LogP contribution in [0.25, 0.3) is 0 Å². The maximum absolute atomic E-state index is 12.4. The van der Waals surface area contributed by atoms with Crippen LogP contribution in [0.1, 0.15) is 46.4 Å². The number of nitrogens with zero attached hydrogens (tertiary/aromatic N) is 1. The van der Waals surface area contributed by atoms with Crippen molar-refractivity contribution in [2.75, 3.05) is 7.05 Å². The standard InChI is InChI=1S/C15H19NO3/c1-16(12-6-8-13(18)9-7-12)15(19)14-5-3-2-4-11(14)10-17/h2-5,10,12-13,18H,6-9H2,1H3. The fourth-order valence-corrected chi connectivity index (χ4v) is 2.60. The van der Waals surface area contributed by atoms with E-state index < -0.39 is 0 Å². The van der Waals surface area contributed by atoms with E-state index in [1.54, 1.807) is 36.2 Å². The minimum atomic E-state index is -0.234. The summed E-state index contributed by atoms with van der Waals surface area (Å²) in [6, 6.07) is 6.99. The highest BCUT2D eigenvalue weighted by molar-refractivity contribution is 6.01. The minimum Gasteiger partial charge on any atom is -0.393 e. The van der Waals surface area contributed by atoms with Gasteiger partial charge in [0, 0.05) is 18.7 Å². The van der Waals surface area contributed by atoms with Crippen LogP contribution in [0.3, 0.4) is 0 Å². The van der Waals surface area contributed by atoms with Crippen molar-refractivity contribution in [1.82, 2.24) is 4.90 Å². The Balaban J connectivity index is 2.12. The van der Waals surface area contributed by atoms with Crippen LogP contribution in [0.4, 0.5) is 0 Å². The van der Waals surface area contributed by atoms with E-state index in [4.69, 9.17) is 0 Å². The molecule has 0 aliphatic heterocycles. The molecular weight excluding hydrogens is 242 g/mol. The third-order valence-corrected chi connectivity index (χ3v) is 3.85. The number of aliphatic hydroxyl groups excluding tert-OH is 1. The SMILES string of the molecule is CN(C(=O)c1ccccc1C=O)C1CCC(O)CC1. The minimum absolute atomic E-state index is 0.121. The molecule has 0 spiro atoms. The lowest BCUT2D eigenvalue weighted by Gasteiger charge is -2.33. The number of carbonyl (C=O) groups excluding carboxylic acids is 2. The van der Waals surface area contributed by atoms with Crippen molar-refractivity contribution in [1.29, 1.82) is 0 Å². The quantitative estimate of drug-likeness (QED) is 0.845. The Kier molecular flexibility index (Phi) is 4.32.